The summed E-state index contributed by atoms with van der Waals surface area (Å²) in [7, 11) is 0. The van der Waals surface area contributed by atoms with Crippen LogP contribution in [0.3, 0.4) is 0 Å². The number of aliphatic hydroxyl groups excluding tert-OH is 7. The molecular formula is C55H107NO10. The van der Waals surface area contributed by atoms with Gasteiger partial charge in [-0.1, -0.05) is 238 Å². The highest BCUT2D eigenvalue weighted by Gasteiger charge is 2.44. The molecule has 0 aromatic heterocycles. The van der Waals surface area contributed by atoms with Gasteiger partial charge in [0.05, 0.1) is 25.4 Å². The average Bonchev–Trinajstić information content (AvgIpc) is 3.32. The van der Waals surface area contributed by atoms with E-state index in [2.05, 4.69) is 31.3 Å². The van der Waals surface area contributed by atoms with Gasteiger partial charge in [0.2, 0.25) is 5.91 Å². The van der Waals surface area contributed by atoms with Crippen molar-refractivity contribution in [2.24, 2.45) is 0 Å². The van der Waals surface area contributed by atoms with Gasteiger partial charge in [0.1, 0.15) is 36.6 Å². The number of amides is 1. The molecule has 1 saturated heterocycles. The molecule has 0 aromatic rings. The van der Waals surface area contributed by atoms with Gasteiger partial charge in [-0.05, 0) is 38.5 Å². The van der Waals surface area contributed by atoms with Crippen LogP contribution in [0.1, 0.15) is 264 Å². The number of aliphatic hydroxyl groups is 7. The molecule has 1 aliphatic rings. The maximum atomic E-state index is 13.2. The summed E-state index contributed by atoms with van der Waals surface area (Å²) in [5.74, 6) is -0.701. The van der Waals surface area contributed by atoms with Crippen LogP contribution >= 0.6 is 0 Å². The minimum Gasteiger partial charge on any atom is -0.394 e. The van der Waals surface area contributed by atoms with Gasteiger partial charge in [-0.15, -0.1) is 0 Å². The van der Waals surface area contributed by atoms with Gasteiger partial charge in [-0.3, -0.25) is 4.79 Å². The second kappa shape index (κ2) is 45.0. The molecule has 0 spiro atoms. The SMILES string of the molecule is CCCCCCCCCCCCCCC/C=C/CCCC(O)C(O)C(COC1OC(CO)C(O)C(O)C1O)NC(=O)C(O)CCCCCCCCCCCCCCCCCCCCCCC. The molecule has 66 heavy (non-hydrogen) atoms. The number of carbonyl (C=O) groups excluding carboxylic acids is 1. The van der Waals surface area contributed by atoms with Crippen molar-refractivity contribution < 1.29 is 50.0 Å². The van der Waals surface area contributed by atoms with Crippen molar-refractivity contribution in [3.05, 3.63) is 12.2 Å². The second-order valence-electron chi connectivity index (χ2n) is 20.0. The Bertz CT molecular complexity index is 1080. The third-order valence-corrected chi connectivity index (χ3v) is 13.8. The maximum Gasteiger partial charge on any atom is 0.249 e. The standard InChI is InChI=1S/C55H107NO10/c1-3-5-7-9-11-13-15-17-19-21-23-24-25-27-29-31-33-35-37-39-41-43-48(59)54(64)56-46(45-65-55-53(63)52(62)51(61)49(44-57)66-55)50(60)47(58)42-40-38-36-34-32-30-28-26-22-20-18-16-14-12-10-8-6-4-2/h34,36,46-53,55,57-63H,3-33,35,37-45H2,1-2H3,(H,56,64)/b36-34+. The second-order valence-corrected chi connectivity index (χ2v) is 20.0. The number of hydrogen-bond donors (Lipinski definition) is 8. The molecule has 1 heterocycles. The highest BCUT2D eigenvalue weighted by molar-refractivity contribution is 5.80. The van der Waals surface area contributed by atoms with Crippen molar-refractivity contribution in [1.82, 2.24) is 5.32 Å². The fraction of sp³-hybridized carbons (Fsp3) is 0.945. The summed E-state index contributed by atoms with van der Waals surface area (Å²) in [5, 5.41) is 76.0. The van der Waals surface area contributed by atoms with Gasteiger partial charge in [-0.25, -0.2) is 0 Å². The first-order valence-corrected chi connectivity index (χ1v) is 28.1. The molecule has 1 fully saturated rings. The summed E-state index contributed by atoms with van der Waals surface area (Å²) < 4.78 is 11.1. The first-order chi connectivity index (χ1) is 32.2. The lowest BCUT2D eigenvalue weighted by atomic mass is 9.98. The molecule has 392 valence electrons. The van der Waals surface area contributed by atoms with E-state index >= 15 is 0 Å². The van der Waals surface area contributed by atoms with Crippen molar-refractivity contribution >= 4 is 5.91 Å². The maximum absolute atomic E-state index is 13.2. The lowest BCUT2D eigenvalue weighted by Gasteiger charge is -2.40. The lowest BCUT2D eigenvalue weighted by Crippen LogP contribution is -2.60. The summed E-state index contributed by atoms with van der Waals surface area (Å²) in [6, 6.07) is -1.18. The molecular weight excluding hydrogens is 835 g/mol. The Morgan fingerprint density at radius 3 is 1.30 bits per heavy atom. The van der Waals surface area contributed by atoms with Gasteiger partial charge >= 0.3 is 0 Å². The predicted octanol–water partition coefficient (Wildman–Crippen LogP) is 11.2. The molecule has 11 heteroatoms. The van der Waals surface area contributed by atoms with Crippen molar-refractivity contribution in [2.45, 2.75) is 319 Å². The van der Waals surface area contributed by atoms with Gasteiger partial charge in [0.25, 0.3) is 0 Å². The molecule has 1 amide bonds. The number of hydrogen-bond acceptors (Lipinski definition) is 10. The highest BCUT2D eigenvalue weighted by atomic mass is 16.7. The zero-order valence-electron chi connectivity index (χ0n) is 42.7. The van der Waals surface area contributed by atoms with E-state index in [4.69, 9.17) is 9.47 Å². The number of rotatable bonds is 48. The number of carbonyl (C=O) groups is 1. The number of allylic oxidation sites excluding steroid dienone is 2. The van der Waals surface area contributed by atoms with Gasteiger partial charge in [0, 0.05) is 0 Å². The first-order valence-electron chi connectivity index (χ1n) is 28.1. The summed E-state index contributed by atoms with van der Waals surface area (Å²) in [6.45, 7) is 3.47. The molecule has 0 aliphatic carbocycles. The van der Waals surface area contributed by atoms with E-state index in [1.807, 2.05) is 0 Å². The molecule has 9 atom stereocenters. The van der Waals surface area contributed by atoms with Crippen molar-refractivity contribution in [1.29, 1.82) is 0 Å². The Hall–Kier alpha value is -1.15. The summed E-state index contributed by atoms with van der Waals surface area (Å²) in [5.41, 5.74) is 0. The summed E-state index contributed by atoms with van der Waals surface area (Å²) in [6.07, 6.45) is 39.8. The van der Waals surface area contributed by atoms with Crippen LogP contribution in [0.5, 0.6) is 0 Å². The van der Waals surface area contributed by atoms with Crippen LogP contribution in [0.25, 0.3) is 0 Å². The van der Waals surface area contributed by atoms with Crippen molar-refractivity contribution in [2.75, 3.05) is 13.2 Å². The quantitative estimate of drug-likeness (QED) is 0.0215. The molecule has 8 N–H and O–H groups in total. The molecule has 1 aliphatic heterocycles. The predicted molar refractivity (Wildman–Crippen MR) is 270 cm³/mol. The van der Waals surface area contributed by atoms with Gasteiger partial charge < -0.3 is 50.5 Å². The lowest BCUT2D eigenvalue weighted by molar-refractivity contribution is -0.303. The minimum atomic E-state index is -1.66. The van der Waals surface area contributed by atoms with E-state index in [0.717, 1.165) is 38.5 Å². The molecule has 0 bridgehead atoms. The summed E-state index contributed by atoms with van der Waals surface area (Å²) in [4.78, 5) is 13.2. The molecule has 0 aromatic carbocycles. The van der Waals surface area contributed by atoms with E-state index in [9.17, 15) is 40.5 Å². The largest absolute Gasteiger partial charge is 0.394 e. The third kappa shape index (κ3) is 33.4. The molecule has 0 radical (unpaired) electrons. The smallest absolute Gasteiger partial charge is 0.249 e. The normalized spacial score (nSPS) is 20.8. The topological polar surface area (TPSA) is 189 Å². The number of unbranched alkanes of at least 4 members (excludes halogenated alkanes) is 34. The Morgan fingerprint density at radius 2 is 0.894 bits per heavy atom. The Balaban J connectivity index is 2.34. The van der Waals surface area contributed by atoms with Crippen LogP contribution in [0.2, 0.25) is 0 Å². The monoisotopic (exact) mass is 942 g/mol. The van der Waals surface area contributed by atoms with Crippen LogP contribution in [0, 0.1) is 0 Å². The van der Waals surface area contributed by atoms with E-state index < -0.39 is 74.2 Å². The summed E-state index contributed by atoms with van der Waals surface area (Å²) >= 11 is 0. The fourth-order valence-corrected chi connectivity index (χ4v) is 9.21. The Labute approximate surface area is 404 Å². The van der Waals surface area contributed by atoms with Crippen LogP contribution < -0.4 is 5.32 Å². The van der Waals surface area contributed by atoms with E-state index in [0.29, 0.717) is 12.8 Å². The Kier molecular flexibility index (Phi) is 42.9. The fourth-order valence-electron chi connectivity index (χ4n) is 9.21. The first kappa shape index (κ1) is 62.9. The highest BCUT2D eigenvalue weighted by Crippen LogP contribution is 2.23. The van der Waals surface area contributed by atoms with Crippen LogP contribution in [0.4, 0.5) is 0 Å². The third-order valence-electron chi connectivity index (χ3n) is 13.8. The van der Waals surface area contributed by atoms with E-state index in [1.165, 1.54) is 186 Å². The van der Waals surface area contributed by atoms with Crippen molar-refractivity contribution in [3.8, 4) is 0 Å². The van der Waals surface area contributed by atoms with Gasteiger partial charge in [0.15, 0.2) is 6.29 Å². The molecule has 9 unspecified atom stereocenters. The zero-order chi connectivity index (χ0) is 48.3. The van der Waals surface area contributed by atoms with Crippen LogP contribution in [-0.4, -0.2) is 110 Å². The van der Waals surface area contributed by atoms with Crippen molar-refractivity contribution in [3.63, 3.8) is 0 Å². The zero-order valence-corrected chi connectivity index (χ0v) is 42.7. The van der Waals surface area contributed by atoms with E-state index in [-0.39, 0.29) is 12.8 Å². The number of ether oxygens (including phenoxy) is 2. The molecule has 1 rings (SSSR count). The van der Waals surface area contributed by atoms with Gasteiger partial charge in [-0.2, -0.15) is 0 Å². The Morgan fingerprint density at radius 1 is 0.515 bits per heavy atom. The minimum absolute atomic E-state index is 0.259. The van der Waals surface area contributed by atoms with Crippen LogP contribution in [-0.2, 0) is 14.3 Å². The molecule has 11 nitrogen and oxygen atoms in total. The van der Waals surface area contributed by atoms with E-state index in [1.54, 1.807) is 0 Å². The van der Waals surface area contributed by atoms with Crippen LogP contribution in [0.15, 0.2) is 12.2 Å². The molecule has 0 saturated carbocycles. The average molecular weight is 942 g/mol. The number of nitrogens with one attached hydrogen (secondary N) is 1.